The van der Waals surface area contributed by atoms with Gasteiger partial charge in [-0.05, 0) is 24.6 Å². The number of imidazole rings is 1. The lowest BCUT2D eigenvalue weighted by Gasteiger charge is -2.11. The largest absolute Gasteiger partial charge is 0.349 e. The highest BCUT2D eigenvalue weighted by Crippen LogP contribution is 2.20. The summed E-state index contributed by atoms with van der Waals surface area (Å²) in [7, 11) is 0. The number of benzene rings is 3. The van der Waals surface area contributed by atoms with Crippen LogP contribution in [0.1, 0.15) is 22.5 Å². The van der Waals surface area contributed by atoms with Crippen molar-refractivity contribution in [2.24, 2.45) is 0 Å². The molecule has 31 heavy (non-hydrogen) atoms. The molecule has 7 heteroatoms. The van der Waals surface area contributed by atoms with Gasteiger partial charge in [-0.1, -0.05) is 60.2 Å². The number of rotatable bonds is 7. The Hall–Kier alpha value is -4.00. The predicted molar refractivity (Wildman–Crippen MR) is 119 cm³/mol. The van der Waals surface area contributed by atoms with E-state index in [1.165, 1.54) is 11.6 Å². The standard InChI is InChI=1S/C24H22N4O3/c1-17-10-12-18(13-11-17)16-27-22-9-5-3-7-20(22)26-23(27)15-25-24(29)14-19-6-2-4-8-21(19)28(30)31/h2-13H,14-16H2,1H3,(H,25,29). The van der Waals surface area contributed by atoms with Crippen molar-refractivity contribution in [3.63, 3.8) is 0 Å². The van der Waals surface area contributed by atoms with Gasteiger partial charge in [0.1, 0.15) is 5.82 Å². The van der Waals surface area contributed by atoms with Crippen LogP contribution < -0.4 is 5.32 Å². The molecule has 0 atom stereocenters. The molecule has 0 spiro atoms. The molecule has 156 valence electrons. The molecule has 1 amide bonds. The molecule has 0 radical (unpaired) electrons. The first kappa shape index (κ1) is 20.3. The van der Waals surface area contributed by atoms with E-state index in [2.05, 4.69) is 41.1 Å². The molecule has 0 aliphatic rings. The molecule has 4 aromatic rings. The number of fused-ring (bicyclic) bond motifs is 1. The Morgan fingerprint density at radius 1 is 1.03 bits per heavy atom. The van der Waals surface area contributed by atoms with Crippen LogP contribution in [0.3, 0.4) is 0 Å². The second kappa shape index (κ2) is 8.79. The highest BCUT2D eigenvalue weighted by molar-refractivity contribution is 5.80. The smallest absolute Gasteiger partial charge is 0.273 e. The highest BCUT2D eigenvalue weighted by Gasteiger charge is 2.17. The third-order valence-electron chi connectivity index (χ3n) is 5.18. The normalized spacial score (nSPS) is 10.9. The maximum atomic E-state index is 12.5. The molecular weight excluding hydrogens is 392 g/mol. The number of carbonyl (C=O) groups is 1. The van der Waals surface area contributed by atoms with Crippen LogP contribution in [0.15, 0.2) is 72.8 Å². The summed E-state index contributed by atoms with van der Waals surface area (Å²) in [6.07, 6.45) is -0.0602. The van der Waals surface area contributed by atoms with Gasteiger partial charge in [0.15, 0.2) is 0 Å². The van der Waals surface area contributed by atoms with E-state index in [1.807, 2.05) is 24.3 Å². The molecule has 0 fully saturated rings. The van der Waals surface area contributed by atoms with Crippen molar-refractivity contribution in [1.82, 2.24) is 14.9 Å². The number of hydrogen-bond acceptors (Lipinski definition) is 4. The van der Waals surface area contributed by atoms with E-state index in [-0.39, 0.29) is 24.6 Å². The zero-order valence-corrected chi connectivity index (χ0v) is 17.1. The Morgan fingerprint density at radius 2 is 1.74 bits per heavy atom. The van der Waals surface area contributed by atoms with Crippen LogP contribution >= 0.6 is 0 Å². The summed E-state index contributed by atoms with van der Waals surface area (Å²) in [5.41, 5.74) is 4.52. The molecule has 0 saturated carbocycles. The Kier molecular flexibility index (Phi) is 5.75. The fraction of sp³-hybridized carbons (Fsp3) is 0.167. The van der Waals surface area contributed by atoms with E-state index in [0.29, 0.717) is 12.1 Å². The predicted octanol–water partition coefficient (Wildman–Crippen LogP) is 4.16. The van der Waals surface area contributed by atoms with E-state index in [1.54, 1.807) is 18.2 Å². The van der Waals surface area contributed by atoms with Crippen molar-refractivity contribution in [1.29, 1.82) is 0 Å². The van der Waals surface area contributed by atoms with Crippen LogP contribution in [0.25, 0.3) is 11.0 Å². The maximum Gasteiger partial charge on any atom is 0.273 e. The SMILES string of the molecule is Cc1ccc(Cn2c(CNC(=O)Cc3ccccc3[N+](=O)[O-])nc3ccccc32)cc1. The Balaban J connectivity index is 1.54. The van der Waals surface area contributed by atoms with Crippen molar-refractivity contribution >= 4 is 22.6 Å². The molecule has 1 heterocycles. The summed E-state index contributed by atoms with van der Waals surface area (Å²) < 4.78 is 2.09. The van der Waals surface area contributed by atoms with E-state index in [0.717, 1.165) is 22.4 Å². The first-order chi connectivity index (χ1) is 15.0. The van der Waals surface area contributed by atoms with Gasteiger partial charge in [0.2, 0.25) is 5.91 Å². The lowest BCUT2D eigenvalue weighted by Crippen LogP contribution is -2.26. The minimum Gasteiger partial charge on any atom is -0.349 e. The van der Waals surface area contributed by atoms with Crippen LogP contribution in [0, 0.1) is 17.0 Å². The Labute approximate surface area is 179 Å². The first-order valence-electron chi connectivity index (χ1n) is 10.00. The zero-order valence-electron chi connectivity index (χ0n) is 17.1. The number of hydrogen-bond donors (Lipinski definition) is 1. The number of para-hydroxylation sites is 3. The number of nitrogens with one attached hydrogen (secondary N) is 1. The van der Waals surface area contributed by atoms with Crippen LogP contribution in [-0.4, -0.2) is 20.4 Å². The van der Waals surface area contributed by atoms with Gasteiger partial charge in [0, 0.05) is 18.2 Å². The number of nitrogens with zero attached hydrogens (tertiary/aromatic N) is 3. The van der Waals surface area contributed by atoms with Crippen molar-refractivity contribution in [3.05, 3.63) is 105 Å². The second-order valence-corrected chi connectivity index (χ2v) is 7.43. The van der Waals surface area contributed by atoms with Gasteiger partial charge >= 0.3 is 0 Å². The summed E-state index contributed by atoms with van der Waals surface area (Å²) in [5.74, 6) is 0.445. The molecule has 1 aromatic heterocycles. The van der Waals surface area contributed by atoms with Crippen molar-refractivity contribution in [2.75, 3.05) is 0 Å². The average Bonchev–Trinajstić information content (AvgIpc) is 3.11. The quantitative estimate of drug-likeness (QED) is 0.363. The Bertz CT molecular complexity index is 1250. The van der Waals surface area contributed by atoms with Crippen LogP contribution in [-0.2, 0) is 24.3 Å². The van der Waals surface area contributed by atoms with Crippen molar-refractivity contribution in [2.45, 2.75) is 26.4 Å². The fourth-order valence-electron chi connectivity index (χ4n) is 3.56. The molecule has 0 aliphatic carbocycles. The third kappa shape index (κ3) is 4.61. The molecule has 3 aromatic carbocycles. The van der Waals surface area contributed by atoms with Gasteiger partial charge in [-0.25, -0.2) is 4.98 Å². The topological polar surface area (TPSA) is 90.1 Å². The first-order valence-corrected chi connectivity index (χ1v) is 10.00. The molecule has 4 rings (SSSR count). The number of amides is 1. The van der Waals surface area contributed by atoms with E-state index < -0.39 is 4.92 Å². The molecular formula is C24H22N4O3. The second-order valence-electron chi connectivity index (χ2n) is 7.43. The molecule has 0 unspecified atom stereocenters. The van der Waals surface area contributed by atoms with Crippen LogP contribution in [0.5, 0.6) is 0 Å². The summed E-state index contributed by atoms with van der Waals surface area (Å²) in [4.78, 5) is 27.9. The molecule has 1 N–H and O–H groups in total. The monoisotopic (exact) mass is 414 g/mol. The lowest BCUT2D eigenvalue weighted by molar-refractivity contribution is -0.385. The minimum absolute atomic E-state index is 0.0516. The maximum absolute atomic E-state index is 12.5. The van der Waals surface area contributed by atoms with Crippen LogP contribution in [0.2, 0.25) is 0 Å². The molecule has 0 aliphatic heterocycles. The summed E-state index contributed by atoms with van der Waals surface area (Å²) in [6, 6.07) is 22.5. The van der Waals surface area contributed by atoms with Gasteiger partial charge in [0.05, 0.1) is 28.9 Å². The van der Waals surface area contributed by atoms with Gasteiger partial charge < -0.3 is 9.88 Å². The van der Waals surface area contributed by atoms with E-state index in [9.17, 15) is 14.9 Å². The third-order valence-corrected chi connectivity index (χ3v) is 5.18. The van der Waals surface area contributed by atoms with Crippen LogP contribution in [0.4, 0.5) is 5.69 Å². The zero-order chi connectivity index (χ0) is 21.8. The lowest BCUT2D eigenvalue weighted by atomic mass is 10.1. The summed E-state index contributed by atoms with van der Waals surface area (Å²) in [6.45, 7) is 2.92. The van der Waals surface area contributed by atoms with E-state index >= 15 is 0 Å². The van der Waals surface area contributed by atoms with Gasteiger partial charge in [-0.2, -0.15) is 0 Å². The van der Waals surface area contributed by atoms with Gasteiger partial charge in [-0.15, -0.1) is 0 Å². The number of carbonyl (C=O) groups excluding carboxylic acids is 1. The molecule has 7 nitrogen and oxygen atoms in total. The van der Waals surface area contributed by atoms with Gasteiger partial charge in [0.25, 0.3) is 5.69 Å². The van der Waals surface area contributed by atoms with Gasteiger partial charge in [-0.3, -0.25) is 14.9 Å². The van der Waals surface area contributed by atoms with E-state index in [4.69, 9.17) is 4.98 Å². The summed E-state index contributed by atoms with van der Waals surface area (Å²) in [5, 5.41) is 14.0. The minimum atomic E-state index is -0.469. The van der Waals surface area contributed by atoms with Crippen molar-refractivity contribution < 1.29 is 9.72 Å². The highest BCUT2D eigenvalue weighted by atomic mass is 16.6. The molecule has 0 saturated heterocycles. The number of aryl methyl sites for hydroxylation is 1. The summed E-state index contributed by atoms with van der Waals surface area (Å²) >= 11 is 0. The van der Waals surface area contributed by atoms with Crippen molar-refractivity contribution in [3.8, 4) is 0 Å². The average molecular weight is 414 g/mol. The fourth-order valence-corrected chi connectivity index (χ4v) is 3.56. The number of nitro benzene ring substituents is 1. The Morgan fingerprint density at radius 3 is 2.52 bits per heavy atom. The number of aromatic nitrogens is 2. The molecule has 0 bridgehead atoms. The number of nitro groups is 1.